The summed E-state index contributed by atoms with van der Waals surface area (Å²) in [6.07, 6.45) is 1.29. The lowest BCUT2D eigenvalue weighted by atomic mass is 9.64. The van der Waals surface area contributed by atoms with E-state index in [-0.39, 0.29) is 11.2 Å². The Labute approximate surface area is 135 Å². The van der Waals surface area contributed by atoms with Gasteiger partial charge in [0.1, 0.15) is 5.82 Å². The molecule has 1 fully saturated rings. The van der Waals surface area contributed by atoms with Gasteiger partial charge in [0.25, 0.3) is 0 Å². The maximum absolute atomic E-state index is 13.7. The number of halogens is 2. The lowest BCUT2D eigenvalue weighted by molar-refractivity contribution is -0.124. The van der Waals surface area contributed by atoms with E-state index in [4.69, 9.17) is 4.74 Å². The molecule has 2 rings (SSSR count). The Morgan fingerprint density at radius 2 is 2.14 bits per heavy atom. The molecule has 2 unspecified atom stereocenters. The first kappa shape index (κ1) is 16.9. The van der Waals surface area contributed by atoms with E-state index in [1.807, 2.05) is 6.07 Å². The van der Waals surface area contributed by atoms with Gasteiger partial charge in [0.05, 0.1) is 6.10 Å². The average Bonchev–Trinajstić information content (AvgIpc) is 2.40. The van der Waals surface area contributed by atoms with Gasteiger partial charge in [0.15, 0.2) is 0 Å². The van der Waals surface area contributed by atoms with Crippen LogP contribution < -0.4 is 5.32 Å². The van der Waals surface area contributed by atoms with E-state index in [0.29, 0.717) is 30.2 Å². The summed E-state index contributed by atoms with van der Waals surface area (Å²) >= 11 is 3.39. The molecule has 2 atom stereocenters. The summed E-state index contributed by atoms with van der Waals surface area (Å²) in [4.78, 5) is 0. The van der Waals surface area contributed by atoms with Crippen LogP contribution in [-0.4, -0.2) is 18.8 Å². The van der Waals surface area contributed by atoms with Crippen molar-refractivity contribution in [3.63, 3.8) is 0 Å². The minimum absolute atomic E-state index is 0.0946. The zero-order chi connectivity index (χ0) is 15.6. The van der Waals surface area contributed by atoms with E-state index in [0.717, 1.165) is 17.5 Å². The Kier molecular flexibility index (Phi) is 5.44. The number of rotatable bonds is 6. The molecule has 0 heterocycles. The van der Waals surface area contributed by atoms with Gasteiger partial charge < -0.3 is 10.1 Å². The lowest BCUT2D eigenvalue weighted by Crippen LogP contribution is -2.60. The van der Waals surface area contributed by atoms with Crippen LogP contribution in [0.4, 0.5) is 4.39 Å². The molecule has 1 aromatic carbocycles. The van der Waals surface area contributed by atoms with Crippen LogP contribution in [0.5, 0.6) is 0 Å². The zero-order valence-corrected chi connectivity index (χ0v) is 14.8. The molecule has 1 N–H and O–H groups in total. The second kappa shape index (κ2) is 6.76. The van der Waals surface area contributed by atoms with Crippen molar-refractivity contribution in [3.05, 3.63) is 34.1 Å². The van der Waals surface area contributed by atoms with Crippen LogP contribution in [0.25, 0.3) is 0 Å². The van der Waals surface area contributed by atoms with Crippen molar-refractivity contribution in [2.24, 2.45) is 11.3 Å². The number of nitrogens with one attached hydrogen (secondary N) is 1. The molecule has 0 aromatic heterocycles. The molecule has 1 aliphatic carbocycles. The number of ether oxygens (including phenoxy) is 1. The molecule has 1 aromatic rings. The van der Waals surface area contributed by atoms with Gasteiger partial charge in [-0.25, -0.2) is 4.39 Å². The Morgan fingerprint density at radius 3 is 2.76 bits per heavy atom. The predicted octanol–water partition coefficient (Wildman–Crippen LogP) is 4.52. The smallest absolute Gasteiger partial charge is 0.127 e. The standard InChI is InChI=1S/C17H25BrFNO/c1-11(2)10-21-16-8-15(17(16,3)4)20-9-12-7-13(18)5-6-14(12)19/h5-7,11,15-16,20H,8-10H2,1-4H3. The van der Waals surface area contributed by atoms with Gasteiger partial charge in [0.2, 0.25) is 0 Å². The van der Waals surface area contributed by atoms with Crippen molar-refractivity contribution in [2.75, 3.05) is 6.61 Å². The molecule has 0 aliphatic heterocycles. The largest absolute Gasteiger partial charge is 0.377 e. The Hall–Kier alpha value is -0.450. The van der Waals surface area contributed by atoms with Gasteiger partial charge in [-0.3, -0.25) is 0 Å². The minimum Gasteiger partial charge on any atom is -0.377 e. The topological polar surface area (TPSA) is 21.3 Å². The van der Waals surface area contributed by atoms with Crippen LogP contribution in [0, 0.1) is 17.2 Å². The molecule has 0 radical (unpaired) electrons. The van der Waals surface area contributed by atoms with Gasteiger partial charge in [0, 0.05) is 34.6 Å². The number of benzene rings is 1. The van der Waals surface area contributed by atoms with Gasteiger partial charge in [-0.15, -0.1) is 0 Å². The molecule has 0 bridgehead atoms. The third kappa shape index (κ3) is 4.05. The van der Waals surface area contributed by atoms with E-state index in [1.54, 1.807) is 6.07 Å². The third-order valence-corrected chi connectivity index (χ3v) is 4.85. The molecule has 0 saturated heterocycles. The Balaban J connectivity index is 1.86. The normalized spacial score (nSPS) is 24.1. The number of hydrogen-bond acceptors (Lipinski definition) is 2. The molecular formula is C17H25BrFNO. The highest BCUT2D eigenvalue weighted by Gasteiger charge is 2.48. The van der Waals surface area contributed by atoms with E-state index in [2.05, 4.69) is 48.9 Å². The molecular weight excluding hydrogens is 333 g/mol. The van der Waals surface area contributed by atoms with Crippen LogP contribution >= 0.6 is 15.9 Å². The van der Waals surface area contributed by atoms with Crippen LogP contribution in [0.15, 0.2) is 22.7 Å². The van der Waals surface area contributed by atoms with Gasteiger partial charge in [-0.05, 0) is 30.5 Å². The van der Waals surface area contributed by atoms with Crippen LogP contribution in [0.3, 0.4) is 0 Å². The maximum atomic E-state index is 13.7. The predicted molar refractivity (Wildman–Crippen MR) is 87.7 cm³/mol. The average molecular weight is 358 g/mol. The summed E-state index contributed by atoms with van der Waals surface area (Å²) in [5.41, 5.74) is 0.795. The van der Waals surface area contributed by atoms with Crippen LogP contribution in [0.1, 0.15) is 39.7 Å². The van der Waals surface area contributed by atoms with Crippen LogP contribution in [-0.2, 0) is 11.3 Å². The minimum atomic E-state index is -0.157. The lowest BCUT2D eigenvalue weighted by Gasteiger charge is -2.52. The molecule has 1 saturated carbocycles. The first-order chi connectivity index (χ1) is 9.80. The van der Waals surface area contributed by atoms with Gasteiger partial charge in [-0.2, -0.15) is 0 Å². The van der Waals surface area contributed by atoms with Crippen molar-refractivity contribution >= 4 is 15.9 Å². The van der Waals surface area contributed by atoms with Crippen molar-refractivity contribution in [3.8, 4) is 0 Å². The second-order valence-electron chi connectivity index (χ2n) is 6.94. The summed E-state index contributed by atoms with van der Waals surface area (Å²) in [5.74, 6) is 0.402. The van der Waals surface area contributed by atoms with E-state index < -0.39 is 0 Å². The van der Waals surface area contributed by atoms with Crippen molar-refractivity contribution in [1.82, 2.24) is 5.32 Å². The van der Waals surface area contributed by atoms with Crippen molar-refractivity contribution in [2.45, 2.75) is 52.8 Å². The number of hydrogen-bond donors (Lipinski definition) is 1. The molecule has 0 spiro atoms. The SMILES string of the molecule is CC(C)COC1CC(NCc2cc(Br)ccc2F)C1(C)C. The fraction of sp³-hybridized carbons (Fsp3) is 0.647. The molecule has 4 heteroatoms. The van der Waals surface area contributed by atoms with E-state index in [9.17, 15) is 4.39 Å². The van der Waals surface area contributed by atoms with E-state index >= 15 is 0 Å². The Bertz CT molecular complexity index is 490. The molecule has 118 valence electrons. The summed E-state index contributed by atoms with van der Waals surface area (Å²) in [6.45, 7) is 10.1. The van der Waals surface area contributed by atoms with Gasteiger partial charge in [-0.1, -0.05) is 43.6 Å². The maximum Gasteiger partial charge on any atom is 0.127 e. The zero-order valence-electron chi connectivity index (χ0n) is 13.2. The molecule has 2 nitrogen and oxygen atoms in total. The highest BCUT2D eigenvalue weighted by atomic mass is 79.9. The first-order valence-electron chi connectivity index (χ1n) is 7.59. The quantitative estimate of drug-likeness (QED) is 0.808. The summed E-state index contributed by atoms with van der Waals surface area (Å²) in [5, 5.41) is 3.47. The van der Waals surface area contributed by atoms with Crippen molar-refractivity contribution < 1.29 is 9.13 Å². The molecule has 1 aliphatic rings. The first-order valence-corrected chi connectivity index (χ1v) is 8.39. The van der Waals surface area contributed by atoms with Crippen LogP contribution in [0.2, 0.25) is 0 Å². The highest BCUT2D eigenvalue weighted by Crippen LogP contribution is 2.43. The highest BCUT2D eigenvalue weighted by molar-refractivity contribution is 9.10. The fourth-order valence-corrected chi connectivity index (χ4v) is 3.14. The van der Waals surface area contributed by atoms with Crippen molar-refractivity contribution in [1.29, 1.82) is 0 Å². The summed E-state index contributed by atoms with van der Waals surface area (Å²) in [6, 6.07) is 5.43. The molecule has 0 amide bonds. The van der Waals surface area contributed by atoms with Gasteiger partial charge >= 0.3 is 0 Å². The molecule has 21 heavy (non-hydrogen) atoms. The second-order valence-corrected chi connectivity index (χ2v) is 7.86. The Morgan fingerprint density at radius 1 is 1.43 bits per heavy atom. The van der Waals surface area contributed by atoms with E-state index in [1.165, 1.54) is 6.07 Å². The monoisotopic (exact) mass is 357 g/mol. The third-order valence-electron chi connectivity index (χ3n) is 4.36. The summed E-state index contributed by atoms with van der Waals surface area (Å²) in [7, 11) is 0. The summed E-state index contributed by atoms with van der Waals surface area (Å²) < 4.78 is 20.6. The fourth-order valence-electron chi connectivity index (χ4n) is 2.74.